The van der Waals surface area contributed by atoms with E-state index in [2.05, 4.69) is 6.07 Å². The van der Waals surface area contributed by atoms with Crippen LogP contribution in [0.2, 0.25) is 0 Å². The van der Waals surface area contributed by atoms with E-state index < -0.39 is 5.97 Å². The summed E-state index contributed by atoms with van der Waals surface area (Å²) in [7, 11) is 1.50. The van der Waals surface area contributed by atoms with Gasteiger partial charge < -0.3 is 9.47 Å². The van der Waals surface area contributed by atoms with Gasteiger partial charge in [-0.15, -0.1) is 0 Å². The predicted octanol–water partition coefficient (Wildman–Crippen LogP) is 3.68. The summed E-state index contributed by atoms with van der Waals surface area (Å²) in [6, 6.07) is 16.7. The Bertz CT molecular complexity index is 743. The van der Waals surface area contributed by atoms with Crippen molar-refractivity contribution in [3.63, 3.8) is 0 Å². The van der Waals surface area contributed by atoms with E-state index in [0.29, 0.717) is 17.1 Å². The molecule has 0 heterocycles. The van der Waals surface area contributed by atoms with Crippen molar-refractivity contribution < 1.29 is 14.3 Å². The molecule has 0 aliphatic carbocycles. The second-order valence-electron chi connectivity index (χ2n) is 4.54. The van der Waals surface area contributed by atoms with Gasteiger partial charge in [-0.1, -0.05) is 36.4 Å². The van der Waals surface area contributed by atoms with Gasteiger partial charge in [0.1, 0.15) is 0 Å². The highest BCUT2D eigenvalue weighted by molar-refractivity contribution is 5.89. The molecule has 0 bridgehead atoms. The number of ether oxygens (including phenoxy) is 2. The molecule has 0 aliphatic heterocycles. The molecular formula is C18H15NO3. The molecule has 2 aromatic carbocycles. The molecule has 2 aromatic rings. The highest BCUT2D eigenvalue weighted by Gasteiger charge is 2.08. The van der Waals surface area contributed by atoms with Gasteiger partial charge in [-0.05, 0) is 29.3 Å². The van der Waals surface area contributed by atoms with Crippen molar-refractivity contribution in [2.45, 2.75) is 6.92 Å². The van der Waals surface area contributed by atoms with Crippen LogP contribution in [0.5, 0.6) is 11.5 Å². The molecule has 110 valence electrons. The number of nitriles is 1. The van der Waals surface area contributed by atoms with Crippen LogP contribution in [-0.4, -0.2) is 13.1 Å². The Balaban J connectivity index is 2.38. The van der Waals surface area contributed by atoms with Gasteiger partial charge >= 0.3 is 5.97 Å². The molecule has 0 radical (unpaired) electrons. The molecule has 0 amide bonds. The molecule has 22 heavy (non-hydrogen) atoms. The zero-order valence-corrected chi connectivity index (χ0v) is 12.4. The molecule has 2 rings (SSSR count). The Morgan fingerprint density at radius 1 is 1.14 bits per heavy atom. The second-order valence-corrected chi connectivity index (χ2v) is 4.54. The monoisotopic (exact) mass is 293 g/mol. The summed E-state index contributed by atoms with van der Waals surface area (Å²) in [6.07, 6.45) is 1.76. The molecule has 4 nitrogen and oxygen atoms in total. The first-order chi connectivity index (χ1) is 10.6. The maximum atomic E-state index is 11.0. The Labute approximate surface area is 129 Å². The Hall–Kier alpha value is -3.06. The van der Waals surface area contributed by atoms with Crippen molar-refractivity contribution in [1.82, 2.24) is 0 Å². The first-order valence-electron chi connectivity index (χ1n) is 6.67. The molecule has 0 fully saturated rings. The standard InChI is InChI=1S/C18H15NO3/c1-13(20)22-17-9-8-14(11-18(17)21-2)10-16(12-19)15-6-4-3-5-7-15/h3-11H,1-2H3. The third-order valence-corrected chi connectivity index (χ3v) is 2.96. The lowest BCUT2D eigenvalue weighted by atomic mass is 10.0. The number of hydrogen-bond donors (Lipinski definition) is 0. The predicted molar refractivity (Wildman–Crippen MR) is 84.2 cm³/mol. The largest absolute Gasteiger partial charge is 0.493 e. The Morgan fingerprint density at radius 2 is 1.86 bits per heavy atom. The van der Waals surface area contributed by atoms with Crippen molar-refractivity contribution in [2.75, 3.05) is 7.11 Å². The highest BCUT2D eigenvalue weighted by Crippen LogP contribution is 2.29. The Morgan fingerprint density at radius 3 is 2.45 bits per heavy atom. The number of hydrogen-bond acceptors (Lipinski definition) is 4. The van der Waals surface area contributed by atoms with E-state index in [9.17, 15) is 10.1 Å². The minimum absolute atomic E-state index is 0.352. The molecular weight excluding hydrogens is 278 g/mol. The number of rotatable bonds is 4. The van der Waals surface area contributed by atoms with Crippen molar-refractivity contribution in [1.29, 1.82) is 5.26 Å². The summed E-state index contributed by atoms with van der Waals surface area (Å²) in [5.41, 5.74) is 2.17. The molecule has 0 saturated heterocycles. The van der Waals surface area contributed by atoms with Gasteiger partial charge in [0, 0.05) is 6.92 Å². The third kappa shape index (κ3) is 3.74. The molecule has 0 atom stereocenters. The van der Waals surface area contributed by atoms with Crippen LogP contribution in [0, 0.1) is 11.3 Å². The maximum Gasteiger partial charge on any atom is 0.308 e. The zero-order chi connectivity index (χ0) is 15.9. The molecule has 0 N–H and O–H groups in total. The summed E-state index contributed by atoms with van der Waals surface area (Å²) >= 11 is 0. The van der Waals surface area contributed by atoms with Gasteiger partial charge in [-0.2, -0.15) is 5.26 Å². The minimum atomic E-state index is -0.413. The number of esters is 1. The van der Waals surface area contributed by atoms with E-state index in [1.54, 1.807) is 24.3 Å². The van der Waals surface area contributed by atoms with Gasteiger partial charge in [0.05, 0.1) is 18.8 Å². The Kier molecular flexibility index (Phi) is 4.94. The fraction of sp³-hybridized carbons (Fsp3) is 0.111. The fourth-order valence-corrected chi connectivity index (χ4v) is 1.98. The van der Waals surface area contributed by atoms with Gasteiger partial charge in [-0.3, -0.25) is 4.79 Å². The van der Waals surface area contributed by atoms with Gasteiger partial charge in [0.15, 0.2) is 11.5 Å². The van der Waals surface area contributed by atoms with Crippen molar-refractivity contribution in [2.24, 2.45) is 0 Å². The summed E-state index contributed by atoms with van der Waals surface area (Å²) in [5.74, 6) is 0.378. The van der Waals surface area contributed by atoms with Gasteiger partial charge in [-0.25, -0.2) is 0 Å². The maximum absolute atomic E-state index is 11.0. The number of carbonyl (C=O) groups excluding carboxylic acids is 1. The molecule has 0 aromatic heterocycles. The van der Waals surface area contributed by atoms with Gasteiger partial charge in [0.25, 0.3) is 0 Å². The van der Waals surface area contributed by atoms with E-state index >= 15 is 0 Å². The van der Waals surface area contributed by atoms with E-state index in [1.807, 2.05) is 30.3 Å². The highest BCUT2D eigenvalue weighted by atomic mass is 16.6. The lowest BCUT2D eigenvalue weighted by Crippen LogP contribution is -2.03. The number of carbonyl (C=O) groups is 1. The normalized spacial score (nSPS) is 10.7. The number of methoxy groups -OCH3 is 1. The van der Waals surface area contributed by atoms with Crippen LogP contribution >= 0.6 is 0 Å². The van der Waals surface area contributed by atoms with Crippen LogP contribution in [0.15, 0.2) is 48.5 Å². The van der Waals surface area contributed by atoms with Crippen LogP contribution in [0.25, 0.3) is 11.6 Å². The number of benzene rings is 2. The van der Waals surface area contributed by atoms with Crippen molar-refractivity contribution >= 4 is 17.6 Å². The first kappa shape index (κ1) is 15.3. The molecule has 0 spiro atoms. The second kappa shape index (κ2) is 7.09. The number of nitrogens with zero attached hydrogens (tertiary/aromatic N) is 1. The molecule has 0 saturated carbocycles. The number of allylic oxidation sites excluding steroid dienone is 1. The smallest absolute Gasteiger partial charge is 0.308 e. The van der Waals surface area contributed by atoms with Crippen LogP contribution in [0.4, 0.5) is 0 Å². The van der Waals surface area contributed by atoms with E-state index in [-0.39, 0.29) is 0 Å². The van der Waals surface area contributed by atoms with Crippen LogP contribution in [0.3, 0.4) is 0 Å². The third-order valence-electron chi connectivity index (χ3n) is 2.96. The molecule has 4 heteroatoms. The van der Waals surface area contributed by atoms with Gasteiger partial charge in [0.2, 0.25) is 0 Å². The first-order valence-corrected chi connectivity index (χ1v) is 6.67. The quantitative estimate of drug-likeness (QED) is 0.373. The molecule has 0 unspecified atom stereocenters. The summed E-state index contributed by atoms with van der Waals surface area (Å²) < 4.78 is 10.3. The topological polar surface area (TPSA) is 59.3 Å². The minimum Gasteiger partial charge on any atom is -0.493 e. The van der Waals surface area contributed by atoms with Crippen molar-refractivity contribution in [3.05, 3.63) is 59.7 Å². The summed E-state index contributed by atoms with van der Waals surface area (Å²) in [6.45, 7) is 1.33. The molecule has 0 aliphatic rings. The van der Waals surface area contributed by atoms with E-state index in [1.165, 1.54) is 14.0 Å². The summed E-state index contributed by atoms with van der Waals surface area (Å²) in [5, 5.41) is 9.32. The van der Waals surface area contributed by atoms with Crippen LogP contribution in [0.1, 0.15) is 18.1 Å². The zero-order valence-electron chi connectivity index (χ0n) is 12.4. The lowest BCUT2D eigenvalue weighted by Gasteiger charge is -2.08. The summed E-state index contributed by atoms with van der Waals surface area (Å²) in [4.78, 5) is 11.0. The average molecular weight is 293 g/mol. The lowest BCUT2D eigenvalue weighted by molar-refractivity contribution is -0.132. The van der Waals surface area contributed by atoms with E-state index in [0.717, 1.165) is 11.1 Å². The SMILES string of the molecule is COc1cc(C=C(C#N)c2ccccc2)ccc1OC(C)=O. The average Bonchev–Trinajstić information content (AvgIpc) is 2.54. The fourth-order valence-electron chi connectivity index (χ4n) is 1.98. The van der Waals surface area contributed by atoms with E-state index in [4.69, 9.17) is 9.47 Å². The van der Waals surface area contributed by atoms with Crippen LogP contribution < -0.4 is 9.47 Å². The van der Waals surface area contributed by atoms with Crippen LogP contribution in [-0.2, 0) is 4.79 Å². The van der Waals surface area contributed by atoms with Crippen molar-refractivity contribution in [3.8, 4) is 17.6 Å².